The number of hydrogen-bond donors (Lipinski definition) is 2. The average Bonchev–Trinajstić information content (AvgIpc) is 2.18. The fourth-order valence-corrected chi connectivity index (χ4v) is 1.23. The van der Waals surface area contributed by atoms with Gasteiger partial charge in [-0.25, -0.2) is 0 Å². The summed E-state index contributed by atoms with van der Waals surface area (Å²) in [7, 11) is 0. The van der Waals surface area contributed by atoms with Crippen LogP contribution in [0.15, 0.2) is 29.3 Å². The third-order valence-electron chi connectivity index (χ3n) is 1.86. The molecule has 0 unspecified atom stereocenters. The summed E-state index contributed by atoms with van der Waals surface area (Å²) >= 11 is 0. The van der Waals surface area contributed by atoms with Crippen LogP contribution in [0, 0.1) is 0 Å². The van der Waals surface area contributed by atoms with Gasteiger partial charge in [0.2, 0.25) is 0 Å². The van der Waals surface area contributed by atoms with Gasteiger partial charge in [0.15, 0.2) is 5.43 Å². The molecule has 66 valence electrons. The van der Waals surface area contributed by atoms with Gasteiger partial charge in [-0.3, -0.25) is 9.78 Å². The standard InChI is InChI=1S/C9H8N2O2/c12-5-6-3-9(13)7-4-10-2-1-8(7)11-6/h1-4,12H,5H2,(H,11,13). The van der Waals surface area contributed by atoms with Crippen molar-refractivity contribution in [3.63, 3.8) is 0 Å². The van der Waals surface area contributed by atoms with Crippen molar-refractivity contribution in [2.24, 2.45) is 0 Å². The molecule has 0 aliphatic heterocycles. The lowest BCUT2D eigenvalue weighted by atomic mass is 10.2. The van der Waals surface area contributed by atoms with Gasteiger partial charge in [0.05, 0.1) is 17.5 Å². The lowest BCUT2D eigenvalue weighted by Crippen LogP contribution is -2.05. The molecule has 2 aromatic heterocycles. The molecule has 0 spiro atoms. The summed E-state index contributed by atoms with van der Waals surface area (Å²) in [5.41, 5.74) is 1.10. The molecule has 2 aromatic rings. The SMILES string of the molecule is O=c1cc(CO)[nH]c2ccncc12. The summed E-state index contributed by atoms with van der Waals surface area (Å²) in [5.74, 6) is 0. The quantitative estimate of drug-likeness (QED) is 0.661. The minimum absolute atomic E-state index is 0.120. The number of fused-ring (bicyclic) bond motifs is 1. The normalized spacial score (nSPS) is 10.5. The molecular formula is C9H8N2O2. The first kappa shape index (κ1) is 7.94. The van der Waals surface area contributed by atoms with Crippen LogP contribution in [0.5, 0.6) is 0 Å². The molecule has 0 radical (unpaired) electrons. The maximum Gasteiger partial charge on any atom is 0.191 e. The molecule has 0 aliphatic rings. The predicted molar refractivity (Wildman–Crippen MR) is 48.3 cm³/mol. The van der Waals surface area contributed by atoms with E-state index in [1.54, 1.807) is 12.3 Å². The Morgan fingerprint density at radius 3 is 3.15 bits per heavy atom. The van der Waals surface area contributed by atoms with Gasteiger partial charge in [-0.2, -0.15) is 0 Å². The van der Waals surface area contributed by atoms with Gasteiger partial charge in [0, 0.05) is 24.2 Å². The molecule has 0 saturated heterocycles. The van der Waals surface area contributed by atoms with Crippen LogP contribution in [0.1, 0.15) is 5.69 Å². The molecule has 0 aliphatic carbocycles. The summed E-state index contributed by atoms with van der Waals surface area (Å²) in [5, 5.41) is 9.38. The Hall–Kier alpha value is -1.68. The summed E-state index contributed by atoms with van der Waals surface area (Å²) in [6, 6.07) is 3.08. The largest absolute Gasteiger partial charge is 0.390 e. The first-order chi connectivity index (χ1) is 6.31. The number of H-pyrrole nitrogens is 1. The van der Waals surface area contributed by atoms with Crippen molar-refractivity contribution < 1.29 is 5.11 Å². The second-order valence-corrected chi connectivity index (χ2v) is 2.74. The van der Waals surface area contributed by atoms with E-state index in [9.17, 15) is 4.79 Å². The number of nitrogens with one attached hydrogen (secondary N) is 1. The van der Waals surface area contributed by atoms with E-state index >= 15 is 0 Å². The Balaban J connectivity index is 2.85. The Morgan fingerprint density at radius 2 is 2.38 bits per heavy atom. The number of aliphatic hydroxyl groups excluding tert-OH is 1. The van der Waals surface area contributed by atoms with Crippen molar-refractivity contribution in [3.8, 4) is 0 Å². The van der Waals surface area contributed by atoms with Gasteiger partial charge in [-0.15, -0.1) is 0 Å². The van der Waals surface area contributed by atoms with Crippen molar-refractivity contribution in [3.05, 3.63) is 40.4 Å². The first-order valence-corrected chi connectivity index (χ1v) is 3.88. The second-order valence-electron chi connectivity index (χ2n) is 2.74. The minimum atomic E-state index is -0.159. The molecule has 0 bridgehead atoms. The van der Waals surface area contributed by atoms with Crippen LogP contribution in [0.25, 0.3) is 10.9 Å². The Morgan fingerprint density at radius 1 is 1.54 bits per heavy atom. The summed E-state index contributed by atoms with van der Waals surface area (Å²) in [6.07, 6.45) is 3.11. The van der Waals surface area contributed by atoms with Crippen molar-refractivity contribution in [1.29, 1.82) is 0 Å². The predicted octanol–water partition coefficient (Wildman–Crippen LogP) is 0.415. The van der Waals surface area contributed by atoms with Crippen molar-refractivity contribution in [1.82, 2.24) is 9.97 Å². The molecule has 4 heteroatoms. The van der Waals surface area contributed by atoms with E-state index in [4.69, 9.17) is 5.11 Å². The Kier molecular flexibility index (Phi) is 1.83. The van der Waals surface area contributed by atoms with Crippen LogP contribution in [0.4, 0.5) is 0 Å². The van der Waals surface area contributed by atoms with Gasteiger partial charge in [-0.05, 0) is 6.07 Å². The molecule has 0 amide bonds. The molecular weight excluding hydrogens is 168 g/mol. The van der Waals surface area contributed by atoms with E-state index in [1.165, 1.54) is 12.3 Å². The topological polar surface area (TPSA) is 66.0 Å². The number of rotatable bonds is 1. The van der Waals surface area contributed by atoms with Gasteiger partial charge in [0.1, 0.15) is 0 Å². The summed E-state index contributed by atoms with van der Waals surface area (Å²) in [4.78, 5) is 18.2. The van der Waals surface area contributed by atoms with Crippen LogP contribution in [0.2, 0.25) is 0 Å². The molecule has 2 heterocycles. The maximum absolute atomic E-state index is 11.4. The number of aromatic nitrogens is 2. The van der Waals surface area contributed by atoms with Gasteiger partial charge in [0.25, 0.3) is 0 Å². The average molecular weight is 176 g/mol. The second kappa shape index (κ2) is 2.99. The lowest BCUT2D eigenvalue weighted by Gasteiger charge is -1.99. The van der Waals surface area contributed by atoms with Crippen molar-refractivity contribution in [2.45, 2.75) is 6.61 Å². The van der Waals surface area contributed by atoms with Crippen molar-refractivity contribution in [2.75, 3.05) is 0 Å². The zero-order valence-electron chi connectivity index (χ0n) is 6.82. The smallest absolute Gasteiger partial charge is 0.191 e. The highest BCUT2D eigenvalue weighted by Crippen LogP contribution is 2.04. The minimum Gasteiger partial charge on any atom is -0.390 e. The number of hydrogen-bond acceptors (Lipinski definition) is 3. The van der Waals surface area contributed by atoms with Gasteiger partial charge >= 0.3 is 0 Å². The molecule has 0 fully saturated rings. The number of nitrogens with zero attached hydrogens (tertiary/aromatic N) is 1. The molecule has 0 atom stereocenters. The van der Waals surface area contributed by atoms with E-state index in [2.05, 4.69) is 9.97 Å². The molecule has 2 rings (SSSR count). The number of aromatic amines is 1. The lowest BCUT2D eigenvalue weighted by molar-refractivity contribution is 0.277. The molecule has 2 N–H and O–H groups in total. The third kappa shape index (κ3) is 1.31. The Labute approximate surface area is 73.9 Å². The highest BCUT2D eigenvalue weighted by atomic mass is 16.3. The van der Waals surface area contributed by atoms with Crippen LogP contribution >= 0.6 is 0 Å². The summed E-state index contributed by atoms with van der Waals surface area (Å²) < 4.78 is 0. The number of pyridine rings is 2. The first-order valence-electron chi connectivity index (χ1n) is 3.88. The molecule has 0 saturated carbocycles. The van der Waals surface area contributed by atoms with E-state index in [0.717, 1.165) is 0 Å². The van der Waals surface area contributed by atoms with E-state index in [1.807, 2.05) is 0 Å². The monoisotopic (exact) mass is 176 g/mol. The third-order valence-corrected chi connectivity index (χ3v) is 1.86. The molecule has 13 heavy (non-hydrogen) atoms. The van der Waals surface area contributed by atoms with Gasteiger partial charge in [-0.1, -0.05) is 0 Å². The van der Waals surface area contributed by atoms with Crippen molar-refractivity contribution >= 4 is 10.9 Å². The Bertz CT molecular complexity index is 490. The van der Waals surface area contributed by atoms with E-state index in [0.29, 0.717) is 16.6 Å². The van der Waals surface area contributed by atoms with E-state index < -0.39 is 0 Å². The molecule has 0 aromatic carbocycles. The highest BCUT2D eigenvalue weighted by Gasteiger charge is 1.99. The molecule has 4 nitrogen and oxygen atoms in total. The maximum atomic E-state index is 11.4. The zero-order chi connectivity index (χ0) is 9.26. The fourth-order valence-electron chi connectivity index (χ4n) is 1.23. The van der Waals surface area contributed by atoms with E-state index in [-0.39, 0.29) is 12.0 Å². The number of aliphatic hydroxyl groups is 1. The summed E-state index contributed by atoms with van der Waals surface area (Å²) in [6.45, 7) is -0.159. The highest BCUT2D eigenvalue weighted by molar-refractivity contribution is 5.76. The van der Waals surface area contributed by atoms with Gasteiger partial charge < -0.3 is 10.1 Å². The van der Waals surface area contributed by atoms with Crippen LogP contribution in [-0.2, 0) is 6.61 Å². The van der Waals surface area contributed by atoms with Crippen LogP contribution < -0.4 is 5.43 Å². The fraction of sp³-hybridized carbons (Fsp3) is 0.111. The van der Waals surface area contributed by atoms with Crippen LogP contribution in [-0.4, -0.2) is 15.1 Å². The van der Waals surface area contributed by atoms with Crippen LogP contribution in [0.3, 0.4) is 0 Å². The zero-order valence-corrected chi connectivity index (χ0v) is 6.82.